The average molecular weight is 312 g/mol. The van der Waals surface area contributed by atoms with Crippen LogP contribution in [0.5, 0.6) is 0 Å². The number of rotatable bonds is 4. The highest BCUT2D eigenvalue weighted by atomic mass is 19.4. The minimum absolute atomic E-state index is 0.299. The van der Waals surface area contributed by atoms with Gasteiger partial charge in [0.1, 0.15) is 6.04 Å². The highest BCUT2D eigenvalue weighted by Crippen LogP contribution is 2.19. The highest BCUT2D eigenvalue weighted by Gasteiger charge is 2.41. The van der Waals surface area contributed by atoms with E-state index in [2.05, 4.69) is 4.98 Å². The number of carboxylic acid groups (broad SMARTS) is 1. The number of benzene rings is 1. The largest absolute Gasteiger partial charge is 0.480 e. The molecule has 0 bridgehead atoms. The Hall–Kier alpha value is -2.64. The zero-order valence-corrected chi connectivity index (χ0v) is 11.1. The van der Waals surface area contributed by atoms with Crippen LogP contribution < -0.4 is 5.32 Å². The standard InChI is InChI=1S/C14H11F3N2O3/c15-14(16,17)13(22)19-11(12(20)21)7-10-9-4-2-1-3-8(9)5-6-18-10/h1-6,11H,7H2,(H,19,22)(H,20,21). The van der Waals surface area contributed by atoms with Crippen molar-refractivity contribution in [2.45, 2.75) is 18.6 Å². The molecular weight excluding hydrogens is 301 g/mol. The maximum absolute atomic E-state index is 12.2. The van der Waals surface area contributed by atoms with E-state index in [0.29, 0.717) is 11.1 Å². The third kappa shape index (κ3) is 3.51. The number of hydrogen-bond donors (Lipinski definition) is 2. The fourth-order valence-electron chi connectivity index (χ4n) is 1.98. The van der Waals surface area contributed by atoms with Gasteiger partial charge < -0.3 is 10.4 Å². The molecule has 0 saturated carbocycles. The first-order valence-electron chi connectivity index (χ1n) is 6.22. The van der Waals surface area contributed by atoms with Crippen molar-refractivity contribution in [3.63, 3.8) is 0 Å². The average Bonchev–Trinajstić information content (AvgIpc) is 2.45. The minimum atomic E-state index is -5.14. The zero-order valence-electron chi connectivity index (χ0n) is 11.1. The lowest BCUT2D eigenvalue weighted by atomic mass is 10.0. The molecule has 0 aliphatic carbocycles. The lowest BCUT2D eigenvalue weighted by Gasteiger charge is -2.16. The van der Waals surface area contributed by atoms with Gasteiger partial charge in [-0.3, -0.25) is 9.78 Å². The molecule has 1 heterocycles. The molecular formula is C14H11F3N2O3. The van der Waals surface area contributed by atoms with Crippen molar-refractivity contribution in [1.82, 2.24) is 10.3 Å². The van der Waals surface area contributed by atoms with E-state index >= 15 is 0 Å². The molecule has 8 heteroatoms. The van der Waals surface area contributed by atoms with E-state index in [1.807, 2.05) is 0 Å². The van der Waals surface area contributed by atoms with Crippen LogP contribution in [-0.4, -0.2) is 34.2 Å². The molecule has 1 aromatic heterocycles. The van der Waals surface area contributed by atoms with Gasteiger partial charge in [0.05, 0.1) is 5.69 Å². The smallest absolute Gasteiger partial charge is 0.471 e. The summed E-state index contributed by atoms with van der Waals surface area (Å²) >= 11 is 0. The molecule has 2 N–H and O–H groups in total. The van der Waals surface area contributed by atoms with E-state index in [9.17, 15) is 22.8 Å². The molecule has 1 aromatic carbocycles. The summed E-state index contributed by atoms with van der Waals surface area (Å²) in [4.78, 5) is 26.0. The Balaban J connectivity index is 2.27. The summed E-state index contributed by atoms with van der Waals surface area (Å²) in [5.74, 6) is -3.85. The molecule has 0 aliphatic heterocycles. The number of carbonyl (C=O) groups is 2. The van der Waals surface area contributed by atoms with Gasteiger partial charge in [-0.25, -0.2) is 4.79 Å². The van der Waals surface area contributed by atoms with Gasteiger partial charge in [0.2, 0.25) is 0 Å². The van der Waals surface area contributed by atoms with Gasteiger partial charge in [0.15, 0.2) is 0 Å². The SMILES string of the molecule is O=C(O)C(Cc1nccc2ccccc12)NC(=O)C(F)(F)F. The van der Waals surface area contributed by atoms with E-state index in [0.717, 1.165) is 5.39 Å². The van der Waals surface area contributed by atoms with Crippen molar-refractivity contribution in [2.75, 3.05) is 0 Å². The number of aliphatic carboxylic acids is 1. The van der Waals surface area contributed by atoms with Gasteiger partial charge in [0.25, 0.3) is 0 Å². The lowest BCUT2D eigenvalue weighted by molar-refractivity contribution is -0.175. The van der Waals surface area contributed by atoms with Gasteiger partial charge in [-0.1, -0.05) is 24.3 Å². The number of pyridine rings is 1. The third-order valence-corrected chi connectivity index (χ3v) is 3.01. The zero-order chi connectivity index (χ0) is 16.3. The normalized spacial score (nSPS) is 12.9. The van der Waals surface area contributed by atoms with Gasteiger partial charge in [-0.15, -0.1) is 0 Å². The summed E-state index contributed by atoms with van der Waals surface area (Å²) in [7, 11) is 0. The van der Waals surface area contributed by atoms with E-state index < -0.39 is 24.1 Å². The summed E-state index contributed by atoms with van der Waals surface area (Å²) < 4.78 is 36.7. The number of alkyl halides is 3. The quantitative estimate of drug-likeness (QED) is 0.904. The number of carbonyl (C=O) groups excluding carboxylic acids is 1. The molecule has 116 valence electrons. The number of aromatic nitrogens is 1. The Morgan fingerprint density at radius 1 is 1.23 bits per heavy atom. The molecule has 2 aromatic rings. The number of nitrogens with zero attached hydrogens (tertiary/aromatic N) is 1. The highest BCUT2D eigenvalue weighted by molar-refractivity contribution is 5.88. The number of halogens is 3. The molecule has 1 amide bonds. The predicted molar refractivity (Wildman–Crippen MR) is 71.1 cm³/mol. The minimum Gasteiger partial charge on any atom is -0.480 e. The van der Waals surface area contributed by atoms with E-state index in [1.165, 1.54) is 11.5 Å². The fourth-order valence-corrected chi connectivity index (χ4v) is 1.98. The Morgan fingerprint density at radius 2 is 1.91 bits per heavy atom. The second kappa shape index (κ2) is 6.00. The van der Waals surface area contributed by atoms with Crippen molar-refractivity contribution in [1.29, 1.82) is 0 Å². The van der Waals surface area contributed by atoms with Crippen molar-refractivity contribution in [3.8, 4) is 0 Å². The monoisotopic (exact) mass is 312 g/mol. The van der Waals surface area contributed by atoms with Crippen molar-refractivity contribution in [3.05, 3.63) is 42.2 Å². The van der Waals surface area contributed by atoms with E-state index in [1.54, 1.807) is 30.3 Å². The summed E-state index contributed by atoms with van der Waals surface area (Å²) in [5.41, 5.74) is 0.299. The third-order valence-electron chi connectivity index (χ3n) is 3.01. The molecule has 22 heavy (non-hydrogen) atoms. The summed E-state index contributed by atoms with van der Waals surface area (Å²) in [6.07, 6.45) is -4.06. The first kappa shape index (κ1) is 15.7. The second-order valence-electron chi connectivity index (χ2n) is 4.54. The van der Waals surface area contributed by atoms with Crippen LogP contribution in [0.3, 0.4) is 0 Å². The number of fused-ring (bicyclic) bond motifs is 1. The molecule has 0 radical (unpaired) electrons. The summed E-state index contributed by atoms with van der Waals surface area (Å²) in [6.45, 7) is 0. The first-order chi connectivity index (χ1) is 10.3. The van der Waals surface area contributed by atoms with Crippen molar-refractivity contribution >= 4 is 22.6 Å². The second-order valence-corrected chi connectivity index (χ2v) is 4.54. The van der Waals surface area contributed by atoms with Gasteiger partial charge in [-0.05, 0) is 11.5 Å². The maximum atomic E-state index is 12.2. The molecule has 0 aliphatic rings. The number of carboxylic acids is 1. The molecule has 0 fully saturated rings. The van der Waals surface area contributed by atoms with Crippen molar-refractivity contribution < 1.29 is 27.9 Å². The topological polar surface area (TPSA) is 79.3 Å². The Kier molecular flexibility index (Phi) is 4.30. The number of amides is 1. The van der Waals surface area contributed by atoms with Gasteiger partial charge in [-0.2, -0.15) is 13.2 Å². The predicted octanol–water partition coefficient (Wildman–Crippen LogP) is 1.91. The van der Waals surface area contributed by atoms with Gasteiger partial charge in [0, 0.05) is 18.0 Å². The number of nitrogens with one attached hydrogen (secondary N) is 1. The molecule has 0 spiro atoms. The van der Waals surface area contributed by atoms with Crippen LogP contribution in [0.4, 0.5) is 13.2 Å². The lowest BCUT2D eigenvalue weighted by Crippen LogP contribution is -2.48. The molecule has 1 atom stereocenters. The van der Waals surface area contributed by atoms with Crippen LogP contribution in [-0.2, 0) is 16.0 Å². The number of hydrogen-bond acceptors (Lipinski definition) is 3. The van der Waals surface area contributed by atoms with Crippen LogP contribution in [0.2, 0.25) is 0 Å². The van der Waals surface area contributed by atoms with Crippen LogP contribution in [0.1, 0.15) is 5.69 Å². The van der Waals surface area contributed by atoms with Crippen LogP contribution >= 0.6 is 0 Å². The molecule has 0 saturated heterocycles. The maximum Gasteiger partial charge on any atom is 0.471 e. The van der Waals surface area contributed by atoms with Crippen LogP contribution in [0, 0.1) is 0 Å². The Morgan fingerprint density at radius 3 is 2.55 bits per heavy atom. The molecule has 5 nitrogen and oxygen atoms in total. The molecule has 1 unspecified atom stereocenters. The fraction of sp³-hybridized carbons (Fsp3) is 0.214. The molecule has 2 rings (SSSR count). The van der Waals surface area contributed by atoms with Gasteiger partial charge >= 0.3 is 18.1 Å². The van der Waals surface area contributed by atoms with E-state index in [-0.39, 0.29) is 6.42 Å². The van der Waals surface area contributed by atoms with Crippen molar-refractivity contribution in [2.24, 2.45) is 0 Å². The Bertz CT molecular complexity index is 711. The summed E-state index contributed by atoms with van der Waals surface area (Å²) in [6, 6.07) is 6.91. The summed E-state index contributed by atoms with van der Waals surface area (Å²) in [5, 5.41) is 11.9. The van der Waals surface area contributed by atoms with Crippen LogP contribution in [0.25, 0.3) is 10.8 Å². The van der Waals surface area contributed by atoms with E-state index in [4.69, 9.17) is 5.11 Å². The first-order valence-corrected chi connectivity index (χ1v) is 6.22. The van der Waals surface area contributed by atoms with Crippen LogP contribution in [0.15, 0.2) is 36.5 Å². The Labute approximate surface area is 122 Å².